The first-order chi connectivity index (χ1) is 14.8. The fourth-order valence-electron chi connectivity index (χ4n) is 3.86. The number of para-hydroxylation sites is 2. The molecule has 0 spiro atoms. The van der Waals surface area contributed by atoms with Gasteiger partial charge < -0.3 is 15.0 Å². The van der Waals surface area contributed by atoms with Crippen molar-refractivity contribution in [3.63, 3.8) is 0 Å². The molecule has 1 aromatic heterocycles. The molecule has 3 aromatic rings. The Morgan fingerprint density at radius 1 is 1.13 bits per heavy atom. The summed E-state index contributed by atoms with van der Waals surface area (Å²) in [7, 11) is 0. The monoisotopic (exact) mass is 418 g/mol. The van der Waals surface area contributed by atoms with Crippen LogP contribution in [0, 0.1) is 13.8 Å². The van der Waals surface area contributed by atoms with E-state index in [0.29, 0.717) is 30.2 Å². The van der Waals surface area contributed by atoms with Crippen molar-refractivity contribution in [3.8, 4) is 5.75 Å². The summed E-state index contributed by atoms with van der Waals surface area (Å²) < 4.78 is 7.84. The number of fused-ring (bicyclic) bond motifs is 1. The summed E-state index contributed by atoms with van der Waals surface area (Å²) in [6, 6.07) is 16.8. The summed E-state index contributed by atoms with van der Waals surface area (Å²) in [6.45, 7) is 8.40. The Hall–Kier alpha value is -3.61. The lowest BCUT2D eigenvalue weighted by molar-refractivity contribution is -0.145. The predicted octanol–water partition coefficient (Wildman–Crippen LogP) is 3.69. The molecule has 31 heavy (non-hydrogen) atoms. The number of amides is 2. The number of hydrogen-bond donors (Lipinski definition) is 1. The van der Waals surface area contributed by atoms with Gasteiger partial charge in [-0.15, -0.1) is 0 Å². The zero-order valence-electron chi connectivity index (χ0n) is 18.2. The molecule has 1 N–H and O–H groups in total. The van der Waals surface area contributed by atoms with Gasteiger partial charge in [0.15, 0.2) is 0 Å². The van der Waals surface area contributed by atoms with E-state index in [0.717, 1.165) is 17.0 Å². The van der Waals surface area contributed by atoms with Crippen LogP contribution in [0.15, 0.2) is 54.6 Å². The zero-order valence-corrected chi connectivity index (χ0v) is 18.2. The maximum absolute atomic E-state index is 13.2. The first-order valence-corrected chi connectivity index (χ1v) is 10.3. The number of likely N-dealkylation sites (N-methyl/N-ethyl adjacent to an activating group) is 1. The maximum atomic E-state index is 13.2. The second-order valence-corrected chi connectivity index (χ2v) is 7.89. The van der Waals surface area contributed by atoms with E-state index in [1.807, 2.05) is 67.9 Å². The smallest absolute Gasteiger partial charge is 0.280 e. The third-order valence-electron chi connectivity index (χ3n) is 5.49. The van der Waals surface area contributed by atoms with Crippen LogP contribution in [0.4, 0.5) is 11.4 Å². The van der Waals surface area contributed by atoms with Gasteiger partial charge in [-0.1, -0.05) is 24.3 Å². The molecular formula is C24H26N4O3. The molecule has 1 atom stereocenters. The van der Waals surface area contributed by atoms with Crippen LogP contribution in [0.2, 0.25) is 0 Å². The fourth-order valence-corrected chi connectivity index (χ4v) is 3.86. The number of carbonyl (C=O) groups excluding carboxylic acids is 2. The number of aryl methyl sites for hydroxylation is 2. The van der Waals surface area contributed by atoms with Gasteiger partial charge in [0.25, 0.3) is 17.4 Å². The van der Waals surface area contributed by atoms with E-state index < -0.39 is 11.5 Å². The average molecular weight is 418 g/mol. The molecule has 1 aliphatic rings. The number of anilines is 2. The number of ether oxygens (including phenoxy) is 1. The van der Waals surface area contributed by atoms with Gasteiger partial charge in [0.2, 0.25) is 0 Å². The molecule has 160 valence electrons. The number of benzene rings is 2. The molecule has 0 bridgehead atoms. The van der Waals surface area contributed by atoms with Crippen molar-refractivity contribution in [1.82, 2.24) is 9.78 Å². The molecule has 1 aliphatic heterocycles. The topological polar surface area (TPSA) is 76.5 Å². The van der Waals surface area contributed by atoms with E-state index in [2.05, 4.69) is 10.4 Å². The van der Waals surface area contributed by atoms with Gasteiger partial charge in [-0.3, -0.25) is 14.3 Å². The van der Waals surface area contributed by atoms with Crippen LogP contribution in [0.25, 0.3) is 0 Å². The second-order valence-electron chi connectivity index (χ2n) is 7.89. The highest BCUT2D eigenvalue weighted by Crippen LogP contribution is 2.38. The van der Waals surface area contributed by atoms with E-state index in [4.69, 9.17) is 4.74 Å². The number of rotatable bonds is 5. The fraction of sp³-hybridized carbons (Fsp3) is 0.292. The SMILES string of the molecule is CCN1C(=O)C(C)(C(=O)Nc2cccc(Cn3nc(C)cc3C)c2)Oc2ccccc21. The van der Waals surface area contributed by atoms with Gasteiger partial charge in [-0.2, -0.15) is 5.10 Å². The third kappa shape index (κ3) is 3.79. The lowest BCUT2D eigenvalue weighted by atomic mass is 9.99. The number of hydrogen-bond acceptors (Lipinski definition) is 4. The summed E-state index contributed by atoms with van der Waals surface area (Å²) in [5, 5.41) is 7.35. The number of nitrogens with one attached hydrogen (secondary N) is 1. The lowest BCUT2D eigenvalue weighted by Gasteiger charge is -2.39. The second kappa shape index (κ2) is 7.91. The first-order valence-electron chi connectivity index (χ1n) is 10.3. The standard InChI is InChI=1S/C24H26N4O3/c1-5-27-20-11-6-7-12-21(20)31-24(4,23(27)30)22(29)25-19-10-8-9-18(14-19)15-28-17(3)13-16(2)26-28/h6-14H,5,15H2,1-4H3,(H,25,29). The lowest BCUT2D eigenvalue weighted by Crippen LogP contribution is -2.60. The minimum Gasteiger partial charge on any atom is -0.465 e. The zero-order chi connectivity index (χ0) is 22.2. The van der Waals surface area contributed by atoms with Crippen molar-refractivity contribution in [2.24, 2.45) is 0 Å². The van der Waals surface area contributed by atoms with Gasteiger partial charge in [0.1, 0.15) is 5.75 Å². The van der Waals surface area contributed by atoms with Gasteiger partial charge in [-0.05, 0) is 63.6 Å². The van der Waals surface area contributed by atoms with Crippen molar-refractivity contribution in [2.75, 3.05) is 16.8 Å². The highest BCUT2D eigenvalue weighted by molar-refractivity contribution is 6.19. The van der Waals surface area contributed by atoms with Crippen molar-refractivity contribution in [3.05, 3.63) is 71.5 Å². The van der Waals surface area contributed by atoms with Crippen LogP contribution in [-0.2, 0) is 16.1 Å². The summed E-state index contributed by atoms with van der Waals surface area (Å²) in [5.74, 6) is -0.376. The molecule has 0 fully saturated rings. The third-order valence-corrected chi connectivity index (χ3v) is 5.49. The van der Waals surface area contributed by atoms with E-state index in [9.17, 15) is 9.59 Å². The number of aromatic nitrogens is 2. The Balaban J connectivity index is 1.57. The summed E-state index contributed by atoms with van der Waals surface area (Å²) >= 11 is 0. The molecule has 0 radical (unpaired) electrons. The molecule has 7 nitrogen and oxygen atoms in total. The van der Waals surface area contributed by atoms with Gasteiger partial charge in [-0.25, -0.2) is 0 Å². The molecule has 0 saturated carbocycles. The van der Waals surface area contributed by atoms with Crippen molar-refractivity contribution in [1.29, 1.82) is 0 Å². The minimum atomic E-state index is -1.66. The normalized spacial score (nSPS) is 17.8. The minimum absolute atomic E-state index is 0.384. The average Bonchev–Trinajstić information content (AvgIpc) is 3.06. The molecule has 2 aromatic carbocycles. The molecule has 2 heterocycles. The quantitative estimate of drug-likeness (QED) is 0.641. The summed E-state index contributed by atoms with van der Waals surface area (Å²) in [4.78, 5) is 27.9. The Morgan fingerprint density at radius 3 is 2.61 bits per heavy atom. The highest BCUT2D eigenvalue weighted by Gasteiger charge is 2.50. The molecular weight excluding hydrogens is 392 g/mol. The van der Waals surface area contributed by atoms with E-state index in [1.165, 1.54) is 6.92 Å². The maximum Gasteiger partial charge on any atom is 0.280 e. The molecule has 4 rings (SSSR count). The molecule has 1 unspecified atom stereocenters. The highest BCUT2D eigenvalue weighted by atomic mass is 16.5. The van der Waals surface area contributed by atoms with Crippen molar-refractivity contribution < 1.29 is 14.3 Å². The van der Waals surface area contributed by atoms with Crippen LogP contribution in [-0.4, -0.2) is 33.7 Å². The van der Waals surface area contributed by atoms with E-state index >= 15 is 0 Å². The Morgan fingerprint density at radius 2 is 1.90 bits per heavy atom. The Kier molecular flexibility index (Phi) is 5.27. The van der Waals surface area contributed by atoms with Gasteiger partial charge in [0, 0.05) is 17.9 Å². The van der Waals surface area contributed by atoms with Crippen molar-refractivity contribution >= 4 is 23.2 Å². The molecule has 0 saturated heterocycles. The predicted molar refractivity (Wildman–Crippen MR) is 119 cm³/mol. The molecule has 0 aliphatic carbocycles. The van der Waals surface area contributed by atoms with E-state index in [1.54, 1.807) is 17.0 Å². The first kappa shape index (κ1) is 20.7. The Labute approximate surface area is 181 Å². The summed E-state index contributed by atoms with van der Waals surface area (Å²) in [5.41, 5.74) is 2.64. The van der Waals surface area contributed by atoms with Crippen LogP contribution >= 0.6 is 0 Å². The molecule has 7 heteroatoms. The number of nitrogens with zero attached hydrogens (tertiary/aromatic N) is 3. The molecule has 2 amide bonds. The van der Waals surface area contributed by atoms with E-state index in [-0.39, 0.29) is 5.91 Å². The summed E-state index contributed by atoms with van der Waals surface area (Å²) in [6.07, 6.45) is 0. The van der Waals surface area contributed by atoms with Gasteiger partial charge >= 0.3 is 0 Å². The van der Waals surface area contributed by atoms with Crippen LogP contribution in [0.3, 0.4) is 0 Å². The Bertz CT molecular complexity index is 1150. The van der Waals surface area contributed by atoms with Crippen LogP contribution < -0.4 is 15.0 Å². The van der Waals surface area contributed by atoms with Crippen LogP contribution in [0.5, 0.6) is 5.75 Å². The van der Waals surface area contributed by atoms with Crippen LogP contribution in [0.1, 0.15) is 30.8 Å². The van der Waals surface area contributed by atoms with Crippen molar-refractivity contribution in [2.45, 2.75) is 39.8 Å². The van der Waals surface area contributed by atoms with Gasteiger partial charge in [0.05, 0.1) is 17.9 Å². The number of carbonyl (C=O) groups is 2. The largest absolute Gasteiger partial charge is 0.465 e.